The summed E-state index contributed by atoms with van der Waals surface area (Å²) in [7, 11) is 1.61. The smallest absolute Gasteiger partial charge is 0.120 e. The summed E-state index contributed by atoms with van der Waals surface area (Å²) in [6.07, 6.45) is 1.61. The average molecular weight is 267 g/mol. The Hall–Kier alpha value is -1.39. The molecule has 1 aromatic heterocycles. The van der Waals surface area contributed by atoms with Crippen LogP contribution < -0.4 is 10.5 Å². The van der Waals surface area contributed by atoms with Crippen molar-refractivity contribution in [3.05, 3.63) is 41.6 Å². The first-order valence-electron chi connectivity index (χ1n) is 4.92. The van der Waals surface area contributed by atoms with Crippen molar-refractivity contribution >= 4 is 29.1 Å². The highest BCUT2D eigenvalue weighted by atomic mass is 35.5. The van der Waals surface area contributed by atoms with Crippen LogP contribution in [0.4, 0.5) is 5.69 Å². The number of aromatic nitrogens is 1. The highest BCUT2D eigenvalue weighted by Gasteiger charge is 2.04. The lowest BCUT2D eigenvalue weighted by Gasteiger charge is -2.06. The van der Waals surface area contributed by atoms with Crippen LogP contribution in [0.1, 0.15) is 0 Å². The Kier molecular flexibility index (Phi) is 3.76. The lowest BCUT2D eigenvalue weighted by atomic mass is 10.3. The highest BCUT2D eigenvalue weighted by Crippen LogP contribution is 2.33. The van der Waals surface area contributed by atoms with Crippen LogP contribution in [0, 0.1) is 0 Å². The summed E-state index contributed by atoms with van der Waals surface area (Å²) in [5.41, 5.74) is 6.59. The minimum absolute atomic E-state index is 0.622. The Morgan fingerprint density at radius 2 is 2.12 bits per heavy atom. The first-order valence-corrected chi connectivity index (χ1v) is 6.11. The Morgan fingerprint density at radius 1 is 1.29 bits per heavy atom. The molecule has 1 aromatic carbocycles. The molecule has 1 heterocycles. The van der Waals surface area contributed by atoms with E-state index in [0.29, 0.717) is 10.7 Å². The second-order valence-corrected chi connectivity index (χ2v) is 4.82. The van der Waals surface area contributed by atoms with Crippen molar-refractivity contribution in [2.75, 3.05) is 12.8 Å². The first-order chi connectivity index (χ1) is 8.19. The molecule has 5 heteroatoms. The van der Waals surface area contributed by atoms with Gasteiger partial charge in [-0.2, -0.15) is 0 Å². The van der Waals surface area contributed by atoms with Crippen LogP contribution in [0.15, 0.2) is 46.5 Å². The van der Waals surface area contributed by atoms with Gasteiger partial charge in [0.2, 0.25) is 0 Å². The first kappa shape index (κ1) is 12.1. The number of rotatable bonds is 3. The van der Waals surface area contributed by atoms with E-state index in [1.165, 1.54) is 11.8 Å². The highest BCUT2D eigenvalue weighted by molar-refractivity contribution is 7.99. The zero-order valence-corrected chi connectivity index (χ0v) is 10.8. The van der Waals surface area contributed by atoms with E-state index >= 15 is 0 Å². The molecule has 0 saturated heterocycles. The number of anilines is 1. The summed E-state index contributed by atoms with van der Waals surface area (Å²) in [5, 5.41) is 1.48. The molecule has 0 unspecified atom stereocenters. The minimum Gasteiger partial charge on any atom is -0.497 e. The number of nitrogen functional groups attached to an aromatic ring is 1. The molecule has 88 valence electrons. The largest absolute Gasteiger partial charge is 0.497 e. The van der Waals surface area contributed by atoms with Crippen LogP contribution in [-0.4, -0.2) is 12.1 Å². The normalized spacial score (nSPS) is 10.2. The van der Waals surface area contributed by atoms with Crippen LogP contribution in [0.3, 0.4) is 0 Å². The van der Waals surface area contributed by atoms with Crippen molar-refractivity contribution in [1.29, 1.82) is 0 Å². The number of benzene rings is 1. The fourth-order valence-corrected chi connectivity index (χ4v) is 2.17. The second-order valence-electron chi connectivity index (χ2n) is 3.32. The van der Waals surface area contributed by atoms with Gasteiger partial charge in [0, 0.05) is 22.8 Å². The number of halogens is 1. The molecule has 0 amide bonds. The number of nitrogens with two attached hydrogens (primary N) is 1. The van der Waals surface area contributed by atoms with Crippen molar-refractivity contribution in [2.45, 2.75) is 9.92 Å². The van der Waals surface area contributed by atoms with E-state index in [1.54, 1.807) is 25.4 Å². The van der Waals surface area contributed by atoms with Gasteiger partial charge in [0.1, 0.15) is 10.8 Å². The molecule has 0 saturated carbocycles. The molecule has 17 heavy (non-hydrogen) atoms. The van der Waals surface area contributed by atoms with E-state index in [9.17, 15) is 0 Å². The standard InChI is InChI=1S/C12H11ClN2OS/c1-16-9-3-4-11(10(14)6-9)17-12-5-2-8(13)7-15-12/h2-7H,14H2,1H3. The molecule has 0 bridgehead atoms. The molecule has 0 aliphatic heterocycles. The van der Waals surface area contributed by atoms with Gasteiger partial charge in [-0.15, -0.1) is 0 Å². The average Bonchev–Trinajstić information content (AvgIpc) is 2.34. The summed E-state index contributed by atoms with van der Waals surface area (Å²) in [5.74, 6) is 0.746. The molecule has 2 rings (SSSR count). The van der Waals surface area contributed by atoms with Gasteiger partial charge in [-0.1, -0.05) is 23.4 Å². The van der Waals surface area contributed by atoms with Crippen LogP contribution in [0.5, 0.6) is 5.75 Å². The van der Waals surface area contributed by atoms with Crippen molar-refractivity contribution in [2.24, 2.45) is 0 Å². The molecule has 2 aromatic rings. The van der Waals surface area contributed by atoms with Gasteiger partial charge in [0.05, 0.1) is 12.1 Å². The fourth-order valence-electron chi connectivity index (χ4n) is 1.28. The molecule has 0 aliphatic carbocycles. The molecule has 0 radical (unpaired) electrons. The topological polar surface area (TPSA) is 48.1 Å². The fraction of sp³-hybridized carbons (Fsp3) is 0.0833. The zero-order valence-electron chi connectivity index (χ0n) is 9.18. The van der Waals surface area contributed by atoms with Crippen molar-refractivity contribution in [1.82, 2.24) is 4.98 Å². The molecular formula is C12H11ClN2OS. The van der Waals surface area contributed by atoms with Gasteiger partial charge in [-0.05, 0) is 24.3 Å². The zero-order chi connectivity index (χ0) is 12.3. The lowest BCUT2D eigenvalue weighted by molar-refractivity contribution is 0.415. The molecule has 3 nitrogen and oxygen atoms in total. The molecule has 2 N–H and O–H groups in total. The summed E-state index contributed by atoms with van der Waals surface area (Å²) in [6.45, 7) is 0. The maximum atomic E-state index is 5.92. The van der Waals surface area contributed by atoms with Crippen molar-refractivity contribution in [3.8, 4) is 5.75 Å². The Balaban J connectivity index is 2.21. The Labute approximate surface area is 109 Å². The summed E-state index contributed by atoms with van der Waals surface area (Å²) >= 11 is 7.26. The third-order valence-corrected chi connectivity index (χ3v) is 3.40. The maximum absolute atomic E-state index is 5.92. The number of methoxy groups -OCH3 is 1. The Bertz CT molecular complexity index is 516. The van der Waals surface area contributed by atoms with Crippen LogP contribution in [0.25, 0.3) is 0 Å². The van der Waals surface area contributed by atoms with E-state index in [0.717, 1.165) is 15.7 Å². The van der Waals surface area contributed by atoms with Crippen LogP contribution in [0.2, 0.25) is 5.02 Å². The predicted molar refractivity (Wildman–Crippen MR) is 70.8 cm³/mol. The minimum atomic E-state index is 0.622. The van der Waals surface area contributed by atoms with E-state index in [2.05, 4.69) is 4.98 Å². The molecule has 0 spiro atoms. The molecule has 0 aliphatic rings. The number of hydrogen-bond donors (Lipinski definition) is 1. The SMILES string of the molecule is COc1ccc(Sc2ccc(Cl)cn2)c(N)c1. The third-order valence-electron chi connectivity index (χ3n) is 2.13. The molecule has 0 atom stereocenters. The van der Waals surface area contributed by atoms with E-state index in [-0.39, 0.29) is 0 Å². The monoisotopic (exact) mass is 266 g/mol. The summed E-state index contributed by atoms with van der Waals surface area (Å²) in [6, 6.07) is 9.23. The Morgan fingerprint density at radius 3 is 2.71 bits per heavy atom. The second kappa shape index (κ2) is 5.29. The van der Waals surface area contributed by atoms with Crippen LogP contribution >= 0.6 is 23.4 Å². The summed E-state index contributed by atoms with van der Waals surface area (Å²) in [4.78, 5) is 5.15. The van der Waals surface area contributed by atoms with Crippen LogP contribution in [-0.2, 0) is 0 Å². The van der Waals surface area contributed by atoms with Gasteiger partial charge in [-0.3, -0.25) is 0 Å². The molecular weight excluding hydrogens is 256 g/mol. The number of nitrogens with zero attached hydrogens (tertiary/aromatic N) is 1. The molecule has 0 fully saturated rings. The quantitative estimate of drug-likeness (QED) is 0.864. The van der Waals surface area contributed by atoms with Crippen molar-refractivity contribution < 1.29 is 4.74 Å². The lowest BCUT2D eigenvalue weighted by Crippen LogP contribution is -1.91. The maximum Gasteiger partial charge on any atom is 0.120 e. The number of hydrogen-bond acceptors (Lipinski definition) is 4. The third kappa shape index (κ3) is 3.05. The number of pyridine rings is 1. The van der Waals surface area contributed by atoms with Gasteiger partial charge >= 0.3 is 0 Å². The number of ether oxygens (including phenoxy) is 1. The summed E-state index contributed by atoms with van der Waals surface area (Å²) < 4.78 is 5.09. The van der Waals surface area contributed by atoms with E-state index in [1.807, 2.05) is 18.2 Å². The van der Waals surface area contributed by atoms with Gasteiger partial charge in [-0.25, -0.2) is 4.98 Å². The predicted octanol–water partition coefficient (Wildman–Crippen LogP) is 3.48. The van der Waals surface area contributed by atoms with Gasteiger partial charge in [0.25, 0.3) is 0 Å². The van der Waals surface area contributed by atoms with Gasteiger partial charge < -0.3 is 10.5 Å². The van der Waals surface area contributed by atoms with Gasteiger partial charge in [0.15, 0.2) is 0 Å². The van der Waals surface area contributed by atoms with E-state index < -0.39 is 0 Å². The van der Waals surface area contributed by atoms with Crippen molar-refractivity contribution in [3.63, 3.8) is 0 Å². The van der Waals surface area contributed by atoms with E-state index in [4.69, 9.17) is 22.1 Å².